The molecule has 14 heteroatoms. The molecule has 1 saturated heterocycles. The summed E-state index contributed by atoms with van der Waals surface area (Å²) in [6.07, 6.45) is 1.45. The normalized spacial score (nSPS) is 22.4. The van der Waals surface area contributed by atoms with Crippen LogP contribution in [0.1, 0.15) is 33.7 Å². The molecular formula is C32H22N6O8. The Kier molecular flexibility index (Phi) is 6.26. The van der Waals surface area contributed by atoms with Crippen molar-refractivity contribution in [2.75, 3.05) is 10.3 Å². The number of hydrogen-bond donors (Lipinski definition) is 1. The van der Waals surface area contributed by atoms with Crippen LogP contribution >= 0.6 is 0 Å². The molecule has 0 aromatic heterocycles. The van der Waals surface area contributed by atoms with Gasteiger partial charge in [-0.2, -0.15) is 5.10 Å². The van der Waals surface area contributed by atoms with E-state index in [0.29, 0.717) is 16.7 Å². The fourth-order valence-electron chi connectivity index (χ4n) is 7.34. The van der Waals surface area contributed by atoms with Crippen LogP contribution in [0.2, 0.25) is 0 Å². The Morgan fingerprint density at radius 3 is 2.02 bits per heavy atom. The smallest absolute Gasteiger partial charge is 0.274 e. The van der Waals surface area contributed by atoms with Gasteiger partial charge in [-0.15, -0.1) is 0 Å². The highest BCUT2D eigenvalue weighted by molar-refractivity contribution is 6.25. The zero-order valence-electron chi connectivity index (χ0n) is 23.9. The fourth-order valence-corrected chi connectivity index (χ4v) is 7.34. The summed E-state index contributed by atoms with van der Waals surface area (Å²) < 4.78 is 0. The summed E-state index contributed by atoms with van der Waals surface area (Å²) >= 11 is 0. The van der Waals surface area contributed by atoms with Crippen molar-refractivity contribution in [3.63, 3.8) is 0 Å². The van der Waals surface area contributed by atoms with Crippen LogP contribution in [-0.2, 0) is 15.0 Å². The van der Waals surface area contributed by atoms with Gasteiger partial charge in [0.2, 0.25) is 11.8 Å². The third kappa shape index (κ3) is 3.86. The van der Waals surface area contributed by atoms with Crippen LogP contribution in [0.4, 0.5) is 28.4 Å². The van der Waals surface area contributed by atoms with Crippen LogP contribution in [0.25, 0.3) is 0 Å². The highest BCUT2D eigenvalue weighted by atomic mass is 16.6. The van der Waals surface area contributed by atoms with E-state index in [2.05, 4.69) is 10.5 Å². The number of hydrazone groups is 1. The topological polar surface area (TPSA) is 191 Å². The van der Waals surface area contributed by atoms with E-state index in [4.69, 9.17) is 0 Å². The van der Waals surface area contributed by atoms with E-state index in [-0.39, 0.29) is 17.1 Å². The number of anilines is 2. The molecule has 0 unspecified atom stereocenters. The van der Waals surface area contributed by atoms with Gasteiger partial charge in [-0.25, -0.2) is 4.90 Å². The predicted octanol–water partition coefficient (Wildman–Crippen LogP) is 5.37. The number of nitro benzene ring substituents is 3. The molecule has 46 heavy (non-hydrogen) atoms. The summed E-state index contributed by atoms with van der Waals surface area (Å²) in [6.45, 7) is 1.67. The van der Waals surface area contributed by atoms with E-state index in [1.54, 1.807) is 25.1 Å². The van der Waals surface area contributed by atoms with E-state index in [9.17, 15) is 39.9 Å². The largest absolute Gasteiger partial charge is 0.301 e. The molecule has 1 heterocycles. The predicted molar refractivity (Wildman–Crippen MR) is 165 cm³/mol. The molecular weight excluding hydrogens is 596 g/mol. The summed E-state index contributed by atoms with van der Waals surface area (Å²) in [5.74, 6) is -3.73. The second-order valence-electron chi connectivity index (χ2n) is 11.4. The lowest BCUT2D eigenvalue weighted by atomic mass is 9.47. The fraction of sp³-hybridized carbons (Fsp3) is 0.156. The second kappa shape index (κ2) is 10.1. The van der Waals surface area contributed by atoms with Crippen molar-refractivity contribution < 1.29 is 24.4 Å². The average molecular weight is 619 g/mol. The Morgan fingerprint density at radius 1 is 0.783 bits per heavy atom. The van der Waals surface area contributed by atoms with E-state index in [1.165, 1.54) is 18.3 Å². The lowest BCUT2D eigenvalue weighted by Gasteiger charge is -2.52. The Bertz CT molecular complexity index is 2030. The van der Waals surface area contributed by atoms with Crippen LogP contribution in [-0.4, -0.2) is 32.8 Å². The number of amides is 2. The summed E-state index contributed by atoms with van der Waals surface area (Å²) in [4.78, 5) is 62.7. The van der Waals surface area contributed by atoms with Crippen molar-refractivity contribution in [3.05, 3.63) is 143 Å². The maximum atomic E-state index is 14.6. The summed E-state index contributed by atoms with van der Waals surface area (Å²) in [7, 11) is 0. The number of non-ortho nitro benzene ring substituents is 1. The van der Waals surface area contributed by atoms with Crippen molar-refractivity contribution >= 4 is 46.5 Å². The minimum absolute atomic E-state index is 0.126. The number of nitro groups is 3. The standard InChI is InChI=1S/C32H22N6O8/c1-17-10-13-24(26(14-17)38(45)46)35-30(39)28-27-19-6-2-4-8-21(19)32(29(28)31(35)40,22-9-5-3-7-20(22)27)16-33-34-23-12-11-18(36(41)42)15-25(23)37(43)44/h2-16,27-29,34H,1H3/b33-16-/t27?,28-,29+,32?/m0/s1. The first-order chi connectivity index (χ1) is 22.1. The Labute approximate surface area is 259 Å². The lowest BCUT2D eigenvalue weighted by Crippen LogP contribution is -2.54. The number of imide groups is 1. The van der Waals surface area contributed by atoms with E-state index >= 15 is 0 Å². The van der Waals surface area contributed by atoms with E-state index < -0.39 is 61.1 Å². The molecule has 1 fully saturated rings. The second-order valence-corrected chi connectivity index (χ2v) is 11.4. The van der Waals surface area contributed by atoms with Crippen LogP contribution in [0.15, 0.2) is 90.0 Å². The number of aryl methyl sites for hydroxylation is 1. The van der Waals surface area contributed by atoms with Gasteiger partial charge in [0.1, 0.15) is 11.4 Å². The third-order valence-corrected chi connectivity index (χ3v) is 9.09. The molecule has 4 aromatic carbocycles. The van der Waals surface area contributed by atoms with Gasteiger partial charge in [-0.3, -0.25) is 45.4 Å². The highest BCUT2D eigenvalue weighted by Crippen LogP contribution is 2.64. The number of nitrogens with zero attached hydrogens (tertiary/aromatic N) is 5. The van der Waals surface area contributed by atoms with Crippen LogP contribution in [0.3, 0.4) is 0 Å². The molecule has 0 saturated carbocycles. The van der Waals surface area contributed by atoms with Crippen LogP contribution in [0.5, 0.6) is 0 Å². The number of nitrogens with one attached hydrogen (secondary N) is 1. The third-order valence-electron chi connectivity index (χ3n) is 9.09. The molecule has 228 valence electrons. The van der Waals surface area contributed by atoms with E-state index in [1.807, 2.05) is 36.4 Å². The zero-order valence-corrected chi connectivity index (χ0v) is 23.9. The van der Waals surface area contributed by atoms with Gasteiger partial charge in [0.25, 0.3) is 11.4 Å². The maximum absolute atomic E-state index is 14.6. The van der Waals surface area contributed by atoms with Crippen molar-refractivity contribution in [2.24, 2.45) is 16.9 Å². The van der Waals surface area contributed by atoms with Crippen molar-refractivity contribution in [2.45, 2.75) is 18.3 Å². The highest BCUT2D eigenvalue weighted by Gasteiger charge is 2.68. The van der Waals surface area contributed by atoms with Crippen LogP contribution < -0.4 is 10.3 Å². The quantitative estimate of drug-likeness (QED) is 0.123. The van der Waals surface area contributed by atoms with Gasteiger partial charge < -0.3 is 0 Å². The van der Waals surface area contributed by atoms with Gasteiger partial charge >= 0.3 is 5.69 Å². The van der Waals surface area contributed by atoms with Gasteiger partial charge in [0.05, 0.1) is 38.1 Å². The Hall–Kier alpha value is -6.31. The van der Waals surface area contributed by atoms with Gasteiger partial charge in [-0.05, 0) is 46.9 Å². The summed E-state index contributed by atoms with van der Waals surface area (Å²) in [5.41, 5.74) is 3.14. The maximum Gasteiger partial charge on any atom is 0.301 e. The SMILES string of the molecule is Cc1ccc(N2C(=O)[C@H]3C4c5ccccc5C(/C=N\Nc5ccc([N+](=O)[O-])cc5[N+](=O)[O-])(c5ccccc54)[C@H]3C2=O)c([N+](=O)[O-])c1. The molecule has 0 radical (unpaired) electrons. The molecule has 2 amide bonds. The monoisotopic (exact) mass is 618 g/mol. The number of hydrogen-bond acceptors (Lipinski definition) is 10. The number of rotatable bonds is 7. The Morgan fingerprint density at radius 2 is 1.41 bits per heavy atom. The molecule has 3 aliphatic carbocycles. The molecule has 1 aliphatic heterocycles. The number of benzene rings is 4. The van der Waals surface area contributed by atoms with Crippen molar-refractivity contribution in [3.8, 4) is 0 Å². The molecule has 14 nitrogen and oxygen atoms in total. The molecule has 1 N–H and O–H groups in total. The zero-order chi connectivity index (χ0) is 32.5. The molecule has 4 aromatic rings. The number of carbonyl (C=O) groups is 2. The van der Waals surface area contributed by atoms with Crippen molar-refractivity contribution in [1.29, 1.82) is 0 Å². The first kappa shape index (κ1) is 28.5. The molecule has 0 spiro atoms. The van der Waals surface area contributed by atoms with E-state index in [0.717, 1.165) is 34.2 Å². The average Bonchev–Trinajstić information content (AvgIpc) is 3.31. The van der Waals surface area contributed by atoms with Crippen molar-refractivity contribution in [1.82, 2.24) is 0 Å². The van der Waals surface area contributed by atoms with Gasteiger partial charge in [-0.1, -0.05) is 54.6 Å². The molecule has 8 rings (SSSR count). The van der Waals surface area contributed by atoms with Gasteiger partial charge in [0.15, 0.2) is 0 Å². The minimum atomic E-state index is -1.36. The summed E-state index contributed by atoms with van der Waals surface area (Å²) in [5, 5.41) is 39.4. The lowest BCUT2D eigenvalue weighted by molar-refractivity contribution is -0.393. The molecule has 4 aliphatic rings. The van der Waals surface area contributed by atoms with Gasteiger partial charge in [0, 0.05) is 24.3 Å². The molecule has 2 bridgehead atoms. The van der Waals surface area contributed by atoms with Crippen LogP contribution in [0, 0.1) is 49.1 Å². The first-order valence-corrected chi connectivity index (χ1v) is 14.1. The first-order valence-electron chi connectivity index (χ1n) is 14.1. The molecule has 2 atom stereocenters. The summed E-state index contributed by atoms with van der Waals surface area (Å²) in [6, 6.07) is 22.0. The number of carbonyl (C=O) groups excluding carboxylic acids is 2. The Balaban J connectivity index is 1.42. The minimum Gasteiger partial charge on any atom is -0.274 e.